The van der Waals surface area contributed by atoms with Gasteiger partial charge < -0.3 is 35.9 Å². The van der Waals surface area contributed by atoms with E-state index >= 15 is 0 Å². The van der Waals surface area contributed by atoms with Crippen molar-refractivity contribution >= 4 is 11.7 Å². The number of hydrogen-bond acceptors (Lipinski definition) is 8. The van der Waals surface area contributed by atoms with Gasteiger partial charge in [-0.25, -0.2) is 4.98 Å². The lowest BCUT2D eigenvalue weighted by Crippen LogP contribution is -2.38. The lowest BCUT2D eigenvalue weighted by Gasteiger charge is -2.21. The minimum absolute atomic E-state index is 0.00833. The highest BCUT2D eigenvalue weighted by Gasteiger charge is 2.21. The third-order valence-electron chi connectivity index (χ3n) is 2.65. The molecule has 10 nitrogen and oxygen atoms in total. The number of ether oxygens (including phenoxy) is 1. The monoisotopic (exact) mass is 318 g/mol. The molecule has 0 aliphatic rings. The van der Waals surface area contributed by atoms with Gasteiger partial charge in [-0.2, -0.15) is 4.73 Å². The van der Waals surface area contributed by atoms with Crippen molar-refractivity contribution in [3.63, 3.8) is 0 Å². The molecule has 1 amide bonds. The van der Waals surface area contributed by atoms with Gasteiger partial charge in [0.15, 0.2) is 11.5 Å². The van der Waals surface area contributed by atoms with E-state index in [0.29, 0.717) is 6.54 Å². The van der Waals surface area contributed by atoms with Crippen LogP contribution in [-0.4, -0.2) is 69.7 Å². The van der Waals surface area contributed by atoms with Gasteiger partial charge in [0.05, 0.1) is 13.2 Å². The summed E-state index contributed by atoms with van der Waals surface area (Å²) < 4.78 is 6.09. The second-order valence-corrected chi connectivity index (χ2v) is 4.40. The van der Waals surface area contributed by atoms with Gasteiger partial charge in [0, 0.05) is 6.54 Å². The van der Waals surface area contributed by atoms with Crippen molar-refractivity contribution in [2.75, 3.05) is 32.1 Å². The predicted octanol–water partition coefficient (Wildman–Crippen LogP) is -2.28. The molecule has 1 atom stereocenters. The first-order chi connectivity index (χ1) is 10.6. The molecule has 0 spiro atoms. The van der Waals surface area contributed by atoms with Crippen molar-refractivity contribution in [2.45, 2.75) is 25.7 Å². The van der Waals surface area contributed by atoms with Crippen LogP contribution in [-0.2, 0) is 4.74 Å². The average molecular weight is 318 g/mol. The first-order valence-corrected chi connectivity index (χ1v) is 6.83. The van der Waals surface area contributed by atoms with Crippen LogP contribution in [0.25, 0.3) is 0 Å². The number of nitrogen functional groups attached to an aromatic ring is 1. The number of carbonyl (C=O) groups is 1. The third-order valence-corrected chi connectivity index (χ3v) is 2.65. The number of amides is 1. The molecule has 1 rings (SSSR count). The molecule has 0 aliphatic carbocycles. The molecule has 1 heterocycles. The Kier molecular flexibility index (Phi) is 7.60. The third kappa shape index (κ3) is 4.84. The lowest BCUT2D eigenvalue weighted by molar-refractivity contribution is -0.201. The van der Waals surface area contributed by atoms with E-state index in [-0.39, 0.29) is 11.5 Å². The molecule has 10 heteroatoms. The van der Waals surface area contributed by atoms with Gasteiger partial charge in [-0.15, -0.1) is 0 Å². The second kappa shape index (κ2) is 9.20. The molecule has 1 aromatic rings. The topological polar surface area (TPSA) is 152 Å². The fourth-order valence-electron chi connectivity index (χ4n) is 1.51. The number of nitrogens with one attached hydrogen (secondary N) is 1. The average Bonchev–Trinajstić information content (AvgIpc) is 2.89. The normalized spacial score (nSPS) is 12.4. The van der Waals surface area contributed by atoms with Gasteiger partial charge in [0.2, 0.25) is 6.29 Å². The summed E-state index contributed by atoms with van der Waals surface area (Å²) in [5, 5.41) is 29.7. The van der Waals surface area contributed by atoms with Gasteiger partial charge >= 0.3 is 0 Å². The Balaban J connectivity index is 2.72. The van der Waals surface area contributed by atoms with Crippen LogP contribution in [0, 0.1) is 0 Å². The van der Waals surface area contributed by atoms with Crippen LogP contribution in [0.1, 0.15) is 23.8 Å². The van der Waals surface area contributed by atoms with Gasteiger partial charge in [-0.3, -0.25) is 4.79 Å². The Morgan fingerprint density at radius 2 is 2.09 bits per heavy atom. The van der Waals surface area contributed by atoms with E-state index < -0.39 is 38.1 Å². The second-order valence-electron chi connectivity index (χ2n) is 4.40. The number of nitrogens with two attached hydrogens (primary N) is 1. The quantitative estimate of drug-likeness (QED) is 0.303. The molecule has 126 valence electrons. The minimum Gasteiger partial charge on any atom is -0.394 e. The van der Waals surface area contributed by atoms with Crippen LogP contribution < -0.4 is 15.9 Å². The number of carbonyl (C=O) groups excluding carboxylic acids is 1. The van der Waals surface area contributed by atoms with E-state index in [1.807, 2.05) is 6.92 Å². The Morgan fingerprint density at radius 3 is 2.64 bits per heavy atom. The molecule has 0 fully saturated rings. The molecular weight excluding hydrogens is 296 g/mol. The number of nitrogens with zero attached hydrogens (tertiary/aromatic N) is 2. The summed E-state index contributed by atoms with van der Waals surface area (Å²) in [6.45, 7) is 0.961. The lowest BCUT2D eigenvalue weighted by atomic mass is 10.4. The minimum atomic E-state index is -1.19. The number of hydrogen-bond donors (Lipinski definition) is 5. The number of anilines is 1. The summed E-state index contributed by atoms with van der Waals surface area (Å²) in [5.74, 6) is -0.494. The number of rotatable bonds is 10. The van der Waals surface area contributed by atoms with Crippen LogP contribution in [0.5, 0.6) is 0 Å². The fraction of sp³-hybridized carbons (Fsp3) is 0.667. The van der Waals surface area contributed by atoms with Crippen LogP contribution in [0.3, 0.4) is 0 Å². The zero-order valence-electron chi connectivity index (χ0n) is 12.3. The first-order valence-electron chi connectivity index (χ1n) is 6.83. The van der Waals surface area contributed by atoms with E-state index in [4.69, 9.17) is 25.5 Å². The molecule has 22 heavy (non-hydrogen) atoms. The summed E-state index contributed by atoms with van der Waals surface area (Å²) in [7, 11) is 0. The number of imidazole rings is 1. The van der Waals surface area contributed by atoms with Crippen LogP contribution in [0.15, 0.2) is 6.33 Å². The van der Waals surface area contributed by atoms with Crippen molar-refractivity contribution < 1.29 is 29.7 Å². The molecule has 0 aromatic carbocycles. The highest BCUT2D eigenvalue weighted by Crippen LogP contribution is 2.10. The standard InChI is InChI=1S/C12H22N4O6/c1-2-3-14-12(20)10-11(13)16(7-15-10)22-9(6-19)21-8(4-17)5-18/h7-9,17-19H,2-6,13H2,1H3,(H,14,20). The summed E-state index contributed by atoms with van der Waals surface area (Å²) in [4.78, 5) is 20.9. The van der Waals surface area contributed by atoms with E-state index in [9.17, 15) is 9.90 Å². The van der Waals surface area contributed by atoms with Gasteiger partial charge in [-0.05, 0) is 6.42 Å². The molecule has 1 aromatic heterocycles. The molecule has 0 aliphatic heterocycles. The Labute approximate surface area is 127 Å². The van der Waals surface area contributed by atoms with Gasteiger partial charge in [0.1, 0.15) is 19.0 Å². The number of aromatic nitrogens is 2. The summed E-state index contributed by atoms with van der Waals surface area (Å²) in [6.07, 6.45) is -0.163. The Hall–Kier alpha value is -1.88. The van der Waals surface area contributed by atoms with Crippen molar-refractivity contribution in [2.24, 2.45) is 0 Å². The largest absolute Gasteiger partial charge is 0.394 e. The summed E-state index contributed by atoms with van der Waals surface area (Å²) in [5.41, 5.74) is 5.75. The SMILES string of the molecule is CCCNC(=O)c1ncn(OC(CO)OC(CO)CO)c1N. The van der Waals surface area contributed by atoms with Gasteiger partial charge in [-0.1, -0.05) is 6.92 Å². The van der Waals surface area contributed by atoms with E-state index in [0.717, 1.165) is 17.5 Å². The van der Waals surface area contributed by atoms with E-state index in [1.54, 1.807) is 0 Å². The summed E-state index contributed by atoms with van der Waals surface area (Å²) >= 11 is 0. The zero-order chi connectivity index (χ0) is 16.5. The van der Waals surface area contributed by atoms with Gasteiger partial charge in [0.25, 0.3) is 5.91 Å². The summed E-state index contributed by atoms with van der Waals surface area (Å²) in [6, 6.07) is 0. The fourth-order valence-corrected chi connectivity index (χ4v) is 1.51. The number of aliphatic hydroxyl groups excluding tert-OH is 3. The highest BCUT2D eigenvalue weighted by molar-refractivity contribution is 5.96. The van der Waals surface area contributed by atoms with Crippen LogP contribution in [0.2, 0.25) is 0 Å². The highest BCUT2D eigenvalue weighted by atomic mass is 16.8. The Morgan fingerprint density at radius 1 is 1.41 bits per heavy atom. The van der Waals surface area contributed by atoms with Crippen molar-refractivity contribution in [1.29, 1.82) is 0 Å². The molecule has 0 bridgehead atoms. The van der Waals surface area contributed by atoms with E-state index in [2.05, 4.69) is 10.3 Å². The first kappa shape index (κ1) is 18.2. The van der Waals surface area contributed by atoms with Crippen molar-refractivity contribution in [3.8, 4) is 0 Å². The molecule has 0 radical (unpaired) electrons. The predicted molar refractivity (Wildman–Crippen MR) is 75.8 cm³/mol. The zero-order valence-corrected chi connectivity index (χ0v) is 12.3. The maximum atomic E-state index is 11.8. The van der Waals surface area contributed by atoms with Crippen molar-refractivity contribution in [1.82, 2.24) is 15.0 Å². The molecular formula is C12H22N4O6. The maximum Gasteiger partial charge on any atom is 0.273 e. The maximum absolute atomic E-state index is 11.8. The van der Waals surface area contributed by atoms with Crippen LogP contribution in [0.4, 0.5) is 5.82 Å². The van der Waals surface area contributed by atoms with E-state index in [1.165, 1.54) is 0 Å². The molecule has 0 saturated carbocycles. The molecule has 6 N–H and O–H groups in total. The number of aliphatic hydroxyl groups is 3. The smallest absolute Gasteiger partial charge is 0.273 e. The molecule has 0 saturated heterocycles. The Bertz CT molecular complexity index is 462. The molecule has 1 unspecified atom stereocenters. The van der Waals surface area contributed by atoms with Crippen LogP contribution >= 0.6 is 0 Å². The van der Waals surface area contributed by atoms with Crippen molar-refractivity contribution in [3.05, 3.63) is 12.0 Å².